The number of fused-ring (bicyclic) bond motifs is 1. The average Bonchev–Trinajstić information content (AvgIpc) is 3.18. The summed E-state index contributed by atoms with van der Waals surface area (Å²) in [7, 11) is 0. The molecule has 2 heterocycles. The summed E-state index contributed by atoms with van der Waals surface area (Å²) in [6.07, 6.45) is 4.32. The van der Waals surface area contributed by atoms with Crippen LogP contribution in [0.2, 0.25) is 0 Å². The molecular weight excluding hydrogens is 319 g/mol. The van der Waals surface area contributed by atoms with Gasteiger partial charge in [-0.3, -0.25) is 4.79 Å². The van der Waals surface area contributed by atoms with Crippen LogP contribution in [0.1, 0.15) is 5.56 Å². The number of hydrogen-bond acceptors (Lipinski definition) is 2. The van der Waals surface area contributed by atoms with Crippen LogP contribution in [0.15, 0.2) is 67.0 Å². The zero-order chi connectivity index (χ0) is 17.2. The molecule has 126 valence electrons. The van der Waals surface area contributed by atoms with Crippen LogP contribution in [0.25, 0.3) is 5.69 Å². The predicted octanol–water partition coefficient (Wildman–Crippen LogP) is 3.81. The van der Waals surface area contributed by atoms with E-state index in [0.29, 0.717) is 13.0 Å². The number of nitrogens with one attached hydrogen (secondary N) is 1. The van der Waals surface area contributed by atoms with Gasteiger partial charge in [0.2, 0.25) is 5.91 Å². The first-order valence-corrected chi connectivity index (χ1v) is 8.15. The van der Waals surface area contributed by atoms with Gasteiger partial charge in [-0.1, -0.05) is 18.2 Å². The fourth-order valence-electron chi connectivity index (χ4n) is 3.01. The monoisotopic (exact) mass is 336 g/mol. The second kappa shape index (κ2) is 6.43. The molecule has 0 radical (unpaired) electrons. The van der Waals surface area contributed by atoms with Crippen molar-refractivity contribution in [2.75, 3.05) is 11.9 Å². The molecule has 4 nitrogen and oxygen atoms in total. The van der Waals surface area contributed by atoms with Crippen LogP contribution in [-0.2, 0) is 11.2 Å². The Morgan fingerprint density at radius 1 is 1.12 bits per heavy atom. The highest BCUT2D eigenvalue weighted by atomic mass is 19.1. The van der Waals surface area contributed by atoms with Crippen LogP contribution in [0, 0.1) is 11.7 Å². The number of para-hydroxylation sites is 1. The van der Waals surface area contributed by atoms with Crippen molar-refractivity contribution in [3.63, 3.8) is 0 Å². The fraction of sp³-hybridized carbons (Fsp3) is 0.150. The Hall–Kier alpha value is -3.08. The van der Waals surface area contributed by atoms with Gasteiger partial charge >= 0.3 is 0 Å². The fourth-order valence-corrected chi connectivity index (χ4v) is 3.01. The van der Waals surface area contributed by atoms with Crippen molar-refractivity contribution in [1.82, 2.24) is 4.57 Å². The molecule has 1 aliphatic heterocycles. The zero-order valence-electron chi connectivity index (χ0n) is 13.5. The first-order valence-electron chi connectivity index (χ1n) is 8.15. The van der Waals surface area contributed by atoms with Crippen LogP contribution in [0.4, 0.5) is 10.1 Å². The molecule has 1 N–H and O–H groups in total. The number of hydrogen-bond donors (Lipinski definition) is 1. The molecule has 1 atom stereocenters. The van der Waals surface area contributed by atoms with Gasteiger partial charge in [0.1, 0.15) is 18.2 Å². The van der Waals surface area contributed by atoms with Crippen molar-refractivity contribution in [2.45, 2.75) is 6.42 Å². The number of anilines is 1. The van der Waals surface area contributed by atoms with E-state index in [-0.39, 0.29) is 17.5 Å². The summed E-state index contributed by atoms with van der Waals surface area (Å²) < 4.78 is 21.6. The number of amides is 1. The molecule has 0 saturated carbocycles. The molecule has 1 unspecified atom stereocenters. The Balaban J connectivity index is 1.52. The second-order valence-corrected chi connectivity index (χ2v) is 6.06. The quantitative estimate of drug-likeness (QED) is 0.790. The summed E-state index contributed by atoms with van der Waals surface area (Å²) in [6, 6.07) is 16.1. The molecule has 0 aliphatic carbocycles. The van der Waals surface area contributed by atoms with E-state index in [2.05, 4.69) is 5.32 Å². The number of halogens is 1. The topological polar surface area (TPSA) is 43.3 Å². The van der Waals surface area contributed by atoms with Crippen LogP contribution in [-0.4, -0.2) is 17.1 Å². The normalized spacial score (nSPS) is 16.0. The standard InChI is InChI=1S/C20H17FN2O2/c21-17-8-7-16(23-9-3-4-10-23)12-18(17)22-20(24)15-11-14-5-1-2-6-19(14)25-13-15/h1-10,12,15H,11,13H2,(H,22,24). The van der Waals surface area contributed by atoms with E-state index in [4.69, 9.17) is 4.74 Å². The highest BCUT2D eigenvalue weighted by Gasteiger charge is 2.26. The third-order valence-electron chi connectivity index (χ3n) is 4.36. The molecule has 4 rings (SSSR count). The van der Waals surface area contributed by atoms with Crippen molar-refractivity contribution in [3.05, 3.63) is 78.4 Å². The van der Waals surface area contributed by atoms with Crippen molar-refractivity contribution >= 4 is 11.6 Å². The minimum Gasteiger partial charge on any atom is -0.492 e. The Bertz CT molecular complexity index is 906. The number of carbonyl (C=O) groups excluding carboxylic acids is 1. The van der Waals surface area contributed by atoms with Crippen LogP contribution < -0.4 is 10.1 Å². The molecular formula is C20H17FN2O2. The molecule has 3 aromatic rings. The van der Waals surface area contributed by atoms with E-state index in [1.807, 2.05) is 53.4 Å². The largest absolute Gasteiger partial charge is 0.492 e. The second-order valence-electron chi connectivity index (χ2n) is 6.06. The lowest BCUT2D eigenvalue weighted by Crippen LogP contribution is -2.32. The maximum Gasteiger partial charge on any atom is 0.231 e. The lowest BCUT2D eigenvalue weighted by molar-refractivity contribution is -0.121. The number of nitrogens with zero attached hydrogens (tertiary/aromatic N) is 1. The summed E-state index contributed by atoms with van der Waals surface area (Å²) >= 11 is 0. The molecule has 1 aliphatic rings. The molecule has 0 bridgehead atoms. The van der Waals surface area contributed by atoms with E-state index in [9.17, 15) is 9.18 Å². The number of ether oxygens (including phenoxy) is 1. The summed E-state index contributed by atoms with van der Waals surface area (Å²) in [5, 5.41) is 2.71. The molecule has 1 amide bonds. The van der Waals surface area contributed by atoms with Crippen molar-refractivity contribution in [2.24, 2.45) is 5.92 Å². The van der Waals surface area contributed by atoms with Crippen LogP contribution >= 0.6 is 0 Å². The van der Waals surface area contributed by atoms with E-state index >= 15 is 0 Å². The number of benzene rings is 2. The molecule has 5 heteroatoms. The lowest BCUT2D eigenvalue weighted by Gasteiger charge is -2.24. The maximum atomic E-state index is 14.1. The number of aromatic nitrogens is 1. The van der Waals surface area contributed by atoms with Crippen molar-refractivity contribution < 1.29 is 13.9 Å². The van der Waals surface area contributed by atoms with E-state index in [1.165, 1.54) is 6.07 Å². The SMILES string of the molecule is O=C(Nc1cc(-n2cccc2)ccc1F)C1COc2ccccc2C1. The van der Waals surface area contributed by atoms with Crippen molar-refractivity contribution in [3.8, 4) is 11.4 Å². The number of carbonyl (C=O) groups is 1. The highest BCUT2D eigenvalue weighted by Crippen LogP contribution is 2.28. The molecule has 2 aromatic carbocycles. The third kappa shape index (κ3) is 3.13. The molecule has 0 spiro atoms. The predicted molar refractivity (Wildman–Crippen MR) is 93.5 cm³/mol. The summed E-state index contributed by atoms with van der Waals surface area (Å²) in [5.74, 6) is -0.226. The van der Waals surface area contributed by atoms with Crippen LogP contribution in [0.5, 0.6) is 5.75 Å². The minimum absolute atomic E-state index is 0.176. The van der Waals surface area contributed by atoms with Gasteiger partial charge in [-0.05, 0) is 48.4 Å². The number of rotatable bonds is 3. The van der Waals surface area contributed by atoms with Gasteiger partial charge in [0.25, 0.3) is 0 Å². The Morgan fingerprint density at radius 3 is 2.76 bits per heavy atom. The minimum atomic E-state index is -0.457. The lowest BCUT2D eigenvalue weighted by atomic mass is 9.96. The van der Waals surface area contributed by atoms with E-state index in [1.54, 1.807) is 12.1 Å². The van der Waals surface area contributed by atoms with Gasteiger partial charge in [-0.2, -0.15) is 0 Å². The van der Waals surface area contributed by atoms with Gasteiger partial charge in [-0.25, -0.2) is 4.39 Å². The molecule has 1 aromatic heterocycles. The average molecular weight is 336 g/mol. The first-order chi connectivity index (χ1) is 12.2. The van der Waals surface area contributed by atoms with Crippen molar-refractivity contribution in [1.29, 1.82) is 0 Å². The van der Waals surface area contributed by atoms with Gasteiger partial charge in [0.05, 0.1) is 11.6 Å². The van der Waals surface area contributed by atoms with Gasteiger partial charge < -0.3 is 14.6 Å². The Kier molecular flexibility index (Phi) is 3.98. The molecule has 0 saturated heterocycles. The van der Waals surface area contributed by atoms with Gasteiger partial charge in [-0.15, -0.1) is 0 Å². The summed E-state index contributed by atoms with van der Waals surface area (Å²) in [4.78, 5) is 12.6. The molecule has 25 heavy (non-hydrogen) atoms. The molecule has 0 fully saturated rings. The van der Waals surface area contributed by atoms with Crippen LogP contribution in [0.3, 0.4) is 0 Å². The maximum absolute atomic E-state index is 14.1. The highest BCUT2D eigenvalue weighted by molar-refractivity contribution is 5.93. The smallest absolute Gasteiger partial charge is 0.231 e. The first kappa shape index (κ1) is 15.4. The van der Waals surface area contributed by atoms with E-state index < -0.39 is 5.82 Å². The zero-order valence-corrected chi connectivity index (χ0v) is 13.5. The third-order valence-corrected chi connectivity index (χ3v) is 4.36. The van der Waals surface area contributed by atoms with E-state index in [0.717, 1.165) is 17.0 Å². The summed E-state index contributed by atoms with van der Waals surface area (Å²) in [5.41, 5.74) is 1.96. The Morgan fingerprint density at radius 2 is 1.92 bits per heavy atom. The summed E-state index contributed by atoms with van der Waals surface area (Å²) in [6.45, 7) is 0.293. The van der Waals surface area contributed by atoms with Gasteiger partial charge in [0, 0.05) is 18.1 Å². The van der Waals surface area contributed by atoms with Gasteiger partial charge in [0.15, 0.2) is 0 Å². The Labute approximate surface area is 144 Å².